The number of aromatic hydroxyl groups is 2. The van der Waals surface area contributed by atoms with Crippen molar-refractivity contribution in [1.82, 2.24) is 9.88 Å². The van der Waals surface area contributed by atoms with Crippen LogP contribution >= 0.6 is 11.3 Å². The zero-order valence-electron chi connectivity index (χ0n) is 20.5. The molecule has 2 aliphatic rings. The van der Waals surface area contributed by atoms with Gasteiger partial charge in [-0.05, 0) is 20.2 Å². The number of methoxy groups -OCH3 is 1. The molecule has 0 saturated carbocycles. The van der Waals surface area contributed by atoms with E-state index in [2.05, 4.69) is 10.3 Å². The second kappa shape index (κ2) is 9.10. The van der Waals surface area contributed by atoms with Crippen molar-refractivity contribution in [3.63, 3.8) is 0 Å². The number of rotatable bonds is 6. The summed E-state index contributed by atoms with van der Waals surface area (Å²) in [7, 11) is 5.26. The molecule has 0 fully saturated rings. The van der Waals surface area contributed by atoms with Crippen molar-refractivity contribution in [2.45, 2.75) is 24.5 Å². The smallest absolute Gasteiger partial charge is 0.202 e. The fraction of sp³-hybridized carbons (Fsp3) is 0.346. The van der Waals surface area contributed by atoms with Crippen molar-refractivity contribution in [2.75, 3.05) is 39.6 Å². The highest BCUT2D eigenvalue weighted by Crippen LogP contribution is 2.52. The Balaban J connectivity index is 1.57. The van der Waals surface area contributed by atoms with E-state index in [0.717, 1.165) is 6.54 Å². The van der Waals surface area contributed by atoms with Gasteiger partial charge in [0.2, 0.25) is 5.78 Å². The number of phenolic OH excluding ortho intramolecular Hbond substituents is 2. The number of aliphatic hydroxyl groups excluding tert-OH is 1. The number of fused-ring (bicyclic) bond motifs is 3. The normalized spacial score (nSPS) is 20.4. The van der Waals surface area contributed by atoms with Gasteiger partial charge >= 0.3 is 0 Å². The molecule has 3 aromatic rings. The topological polar surface area (TPSA) is 152 Å². The molecule has 0 saturated heterocycles. The third-order valence-electron chi connectivity index (χ3n) is 6.91. The first kappa shape index (κ1) is 25.2. The molecule has 10 nitrogen and oxygen atoms in total. The Hall–Kier alpha value is -3.51. The van der Waals surface area contributed by atoms with E-state index in [1.165, 1.54) is 30.6 Å². The molecule has 37 heavy (non-hydrogen) atoms. The van der Waals surface area contributed by atoms with Crippen LogP contribution in [0.5, 0.6) is 17.2 Å². The molecule has 1 heterocycles. The van der Waals surface area contributed by atoms with Crippen LogP contribution in [0.15, 0.2) is 23.6 Å². The van der Waals surface area contributed by atoms with E-state index in [4.69, 9.17) is 4.74 Å². The van der Waals surface area contributed by atoms with Gasteiger partial charge < -0.3 is 35.4 Å². The highest BCUT2D eigenvalue weighted by atomic mass is 32.1. The molecule has 2 atom stereocenters. The van der Waals surface area contributed by atoms with Crippen molar-refractivity contribution >= 4 is 28.0 Å². The van der Waals surface area contributed by atoms with Crippen LogP contribution in [0.4, 0.5) is 5.13 Å². The largest absolute Gasteiger partial charge is 0.507 e. The number of carbonyl (C=O) groups is 2. The van der Waals surface area contributed by atoms with Gasteiger partial charge in [0.05, 0.1) is 35.6 Å². The van der Waals surface area contributed by atoms with Gasteiger partial charge in [0.15, 0.2) is 10.9 Å². The number of phenols is 2. The highest BCUT2D eigenvalue weighted by Gasteiger charge is 2.47. The predicted molar refractivity (Wildman–Crippen MR) is 136 cm³/mol. The number of carbonyl (C=O) groups excluding carboxylic acids is 2. The van der Waals surface area contributed by atoms with Gasteiger partial charge in [-0.1, -0.05) is 12.1 Å². The lowest BCUT2D eigenvalue weighted by atomic mass is 9.72. The van der Waals surface area contributed by atoms with Crippen molar-refractivity contribution in [3.05, 3.63) is 62.7 Å². The number of ketones is 2. The average Bonchev–Trinajstić information content (AvgIpc) is 3.33. The van der Waals surface area contributed by atoms with Crippen LogP contribution in [-0.4, -0.2) is 76.2 Å². The van der Waals surface area contributed by atoms with Crippen molar-refractivity contribution < 1.29 is 34.8 Å². The quantitative estimate of drug-likeness (QED) is 0.237. The average molecular weight is 526 g/mol. The molecule has 0 radical (unpaired) electrons. The summed E-state index contributed by atoms with van der Waals surface area (Å²) in [6.07, 6.45) is -1.88. The third kappa shape index (κ3) is 3.95. The fourth-order valence-electron chi connectivity index (χ4n) is 5.09. The number of thiazole rings is 1. The standard InChI is InChI=1S/C26H27N3O7S/c1-29(2)8-7-27-25-28-16(11-37-25)26(35)9-13-17(14(30)10-26)23(33)20-19(22(13)32)21(31)12-5-4-6-15(36-3)18(12)24(20)34/h4-6,11,14,30,32-33,35H,7-10H2,1-3H3,(H,27,28). The van der Waals surface area contributed by atoms with Crippen LogP contribution in [0, 0.1) is 0 Å². The van der Waals surface area contributed by atoms with E-state index in [-0.39, 0.29) is 52.0 Å². The van der Waals surface area contributed by atoms with E-state index in [1.807, 2.05) is 19.0 Å². The molecule has 5 N–H and O–H groups in total. The van der Waals surface area contributed by atoms with Gasteiger partial charge in [-0.2, -0.15) is 0 Å². The number of aliphatic hydroxyl groups is 2. The number of nitrogens with zero attached hydrogens (tertiary/aromatic N) is 2. The molecule has 2 unspecified atom stereocenters. The highest BCUT2D eigenvalue weighted by molar-refractivity contribution is 7.13. The van der Waals surface area contributed by atoms with E-state index in [9.17, 15) is 30.0 Å². The number of nitrogens with one attached hydrogen (secondary N) is 1. The lowest BCUT2D eigenvalue weighted by molar-refractivity contribution is -0.0307. The van der Waals surface area contributed by atoms with Crippen molar-refractivity contribution in [2.24, 2.45) is 0 Å². The summed E-state index contributed by atoms with van der Waals surface area (Å²) in [5.41, 5.74) is -2.19. The maximum Gasteiger partial charge on any atom is 0.202 e. The summed E-state index contributed by atoms with van der Waals surface area (Å²) in [6, 6.07) is 4.52. The summed E-state index contributed by atoms with van der Waals surface area (Å²) in [6.45, 7) is 1.43. The van der Waals surface area contributed by atoms with E-state index in [0.29, 0.717) is 17.4 Å². The molecule has 0 bridgehead atoms. The summed E-state index contributed by atoms with van der Waals surface area (Å²) in [4.78, 5) is 33.3. The number of hydrogen-bond acceptors (Lipinski definition) is 11. The SMILES string of the molecule is COc1cccc2c1C(=O)c1c(O)c3c(c(O)c1C2=O)CC(O)(c1csc(NCCN(C)C)n1)CC3O. The predicted octanol–water partition coefficient (Wildman–Crippen LogP) is 2.18. The summed E-state index contributed by atoms with van der Waals surface area (Å²) in [5, 5.41) is 50.4. The summed E-state index contributed by atoms with van der Waals surface area (Å²) in [5.74, 6) is -2.34. The Labute approximate surface area is 216 Å². The Bertz CT molecular complexity index is 1430. The van der Waals surface area contributed by atoms with Crippen LogP contribution < -0.4 is 10.1 Å². The molecular weight excluding hydrogens is 498 g/mol. The third-order valence-corrected chi connectivity index (χ3v) is 7.71. The van der Waals surface area contributed by atoms with Gasteiger partial charge in [0, 0.05) is 48.0 Å². The number of anilines is 1. The maximum atomic E-state index is 13.4. The number of likely N-dealkylation sites (N-methyl/N-ethyl adjacent to an activating group) is 1. The Morgan fingerprint density at radius 1 is 1.16 bits per heavy atom. The first-order chi connectivity index (χ1) is 17.6. The first-order valence-corrected chi connectivity index (χ1v) is 12.6. The molecule has 2 aromatic carbocycles. The maximum absolute atomic E-state index is 13.4. The number of aromatic nitrogens is 1. The van der Waals surface area contributed by atoms with E-state index >= 15 is 0 Å². The molecule has 1 aromatic heterocycles. The lowest BCUT2D eigenvalue weighted by Crippen LogP contribution is -2.36. The van der Waals surface area contributed by atoms with Crippen LogP contribution in [0.3, 0.4) is 0 Å². The van der Waals surface area contributed by atoms with E-state index in [1.54, 1.807) is 11.4 Å². The van der Waals surface area contributed by atoms with Gasteiger partial charge in [0.1, 0.15) is 22.8 Å². The molecule has 11 heteroatoms. The van der Waals surface area contributed by atoms with Crippen molar-refractivity contribution in [3.8, 4) is 17.2 Å². The van der Waals surface area contributed by atoms with E-state index < -0.39 is 34.8 Å². The molecule has 194 valence electrons. The molecular formula is C26H27N3O7S. The molecule has 2 aliphatic carbocycles. The van der Waals surface area contributed by atoms with Crippen LogP contribution in [0.25, 0.3) is 0 Å². The molecule has 0 aliphatic heterocycles. The molecule has 5 rings (SSSR count). The minimum absolute atomic E-state index is 0.000105. The Morgan fingerprint density at radius 2 is 1.89 bits per heavy atom. The Morgan fingerprint density at radius 3 is 2.59 bits per heavy atom. The van der Waals surface area contributed by atoms with Gasteiger partial charge in [-0.25, -0.2) is 4.98 Å². The van der Waals surface area contributed by atoms with Crippen LogP contribution in [-0.2, 0) is 12.0 Å². The molecule has 0 spiro atoms. The zero-order valence-corrected chi connectivity index (χ0v) is 21.3. The second-order valence-corrected chi connectivity index (χ2v) is 10.4. The minimum atomic E-state index is -1.68. The van der Waals surface area contributed by atoms with Crippen molar-refractivity contribution in [1.29, 1.82) is 0 Å². The van der Waals surface area contributed by atoms with Gasteiger partial charge in [-0.15, -0.1) is 11.3 Å². The number of hydrogen-bond donors (Lipinski definition) is 5. The minimum Gasteiger partial charge on any atom is -0.507 e. The monoisotopic (exact) mass is 525 g/mol. The van der Waals surface area contributed by atoms with Crippen LogP contribution in [0.2, 0.25) is 0 Å². The molecule has 0 amide bonds. The number of ether oxygens (including phenoxy) is 1. The lowest BCUT2D eigenvalue weighted by Gasteiger charge is -2.37. The van der Waals surface area contributed by atoms with Gasteiger partial charge in [0.25, 0.3) is 0 Å². The Kier molecular flexibility index (Phi) is 6.19. The fourth-order valence-corrected chi connectivity index (χ4v) is 5.93. The zero-order chi connectivity index (χ0) is 26.6. The van der Waals surface area contributed by atoms with Gasteiger partial charge in [-0.3, -0.25) is 9.59 Å². The second-order valence-electron chi connectivity index (χ2n) is 9.58. The summed E-state index contributed by atoms with van der Waals surface area (Å²) >= 11 is 1.30. The summed E-state index contributed by atoms with van der Waals surface area (Å²) < 4.78 is 5.25. The first-order valence-electron chi connectivity index (χ1n) is 11.7. The number of benzene rings is 2. The van der Waals surface area contributed by atoms with Crippen LogP contribution in [0.1, 0.15) is 61.2 Å².